The van der Waals surface area contributed by atoms with Crippen molar-refractivity contribution in [2.24, 2.45) is 0 Å². The lowest BCUT2D eigenvalue weighted by atomic mass is 10.3. The molecular weight excluding hydrogens is 180 g/mol. The highest BCUT2D eigenvalue weighted by Crippen LogP contribution is 1.91. The summed E-state index contributed by atoms with van der Waals surface area (Å²) in [4.78, 5) is 3.41. The molecule has 0 radical (unpaired) electrons. The van der Waals surface area contributed by atoms with Crippen molar-refractivity contribution < 1.29 is 0 Å². The van der Waals surface area contributed by atoms with E-state index in [1.807, 2.05) is 0 Å². The molecule has 0 saturated carbocycles. The van der Waals surface area contributed by atoms with Crippen LogP contribution in [0.5, 0.6) is 0 Å². The summed E-state index contributed by atoms with van der Waals surface area (Å²) in [5.41, 5.74) is 0. The van der Waals surface area contributed by atoms with E-state index in [0.29, 0.717) is 0 Å². The molecule has 0 fully saturated rings. The summed E-state index contributed by atoms with van der Waals surface area (Å²) in [6, 6.07) is 0. The molecule has 5 heteroatoms. The summed E-state index contributed by atoms with van der Waals surface area (Å²) in [7, 11) is 0.976. The van der Waals surface area contributed by atoms with Crippen molar-refractivity contribution >= 4 is 10.4 Å². The zero-order valence-electron chi connectivity index (χ0n) is 9.33. The van der Waals surface area contributed by atoms with E-state index in [2.05, 4.69) is 41.7 Å². The van der Waals surface area contributed by atoms with Gasteiger partial charge in [-0.15, -0.1) is 0 Å². The second-order valence-electron chi connectivity index (χ2n) is 3.00. The van der Waals surface area contributed by atoms with Gasteiger partial charge in [0.15, 0.2) is 0 Å². The van der Waals surface area contributed by atoms with Gasteiger partial charge in [-0.3, -0.25) is 10.6 Å². The minimum Gasteiger partial charge on any atom is -0.316 e. The quantitative estimate of drug-likeness (QED) is 0.282. The Hall–Kier alpha value is 0.0569. The Morgan fingerprint density at radius 3 is 1.85 bits per heavy atom. The van der Waals surface area contributed by atoms with Gasteiger partial charge in [0.25, 0.3) is 0 Å². The van der Waals surface area contributed by atoms with Gasteiger partial charge in [-0.05, 0) is 19.6 Å². The summed E-state index contributed by atoms with van der Waals surface area (Å²) in [6.07, 6.45) is 0. The number of nitrogens with one attached hydrogen (secondary N) is 4. The topological polar surface area (TPSA) is 48.1 Å². The van der Waals surface area contributed by atoms with Gasteiger partial charge in [0, 0.05) is 6.54 Å². The van der Waals surface area contributed by atoms with Crippen molar-refractivity contribution in [3.8, 4) is 0 Å². The van der Waals surface area contributed by atoms with E-state index in [9.17, 15) is 0 Å². The summed E-state index contributed by atoms with van der Waals surface area (Å²) in [5.74, 6) is -0.105. The predicted octanol–water partition coefficient (Wildman–Crippen LogP) is -1.66. The first-order valence-corrected chi connectivity index (χ1v) is 6.14. The molecule has 0 unspecified atom stereocenters. The lowest BCUT2D eigenvalue weighted by Gasteiger charge is -2.35. The summed E-state index contributed by atoms with van der Waals surface area (Å²) < 4.78 is 0. The summed E-state index contributed by atoms with van der Waals surface area (Å²) in [5, 5.41) is 10.2. The minimum atomic E-state index is -0.105. The Balaban J connectivity index is 4.07. The fraction of sp³-hybridized carbons (Fsp3) is 1.00. The lowest BCUT2D eigenvalue weighted by molar-refractivity contribution is 0.239. The minimum absolute atomic E-state index is 0.105. The Morgan fingerprint density at radius 2 is 1.54 bits per heavy atom. The largest absolute Gasteiger partial charge is 0.316 e. The molecule has 80 valence electrons. The molecule has 4 N–H and O–H groups in total. The Labute approximate surface area is 84.7 Å². The summed E-state index contributed by atoms with van der Waals surface area (Å²) >= 11 is 0. The smallest absolute Gasteiger partial charge is 0.129 e. The lowest BCUT2D eigenvalue weighted by Crippen LogP contribution is -2.70. The third-order valence-corrected chi connectivity index (χ3v) is 2.88. The molecule has 0 aromatic carbocycles. The van der Waals surface area contributed by atoms with Crippen molar-refractivity contribution in [2.45, 2.75) is 26.6 Å². The third kappa shape index (κ3) is 4.73. The molecule has 0 aromatic rings. The van der Waals surface area contributed by atoms with Crippen LogP contribution in [0.25, 0.3) is 0 Å². The van der Waals surface area contributed by atoms with Crippen LogP contribution in [-0.4, -0.2) is 42.4 Å². The second kappa shape index (κ2) is 7.46. The van der Waals surface area contributed by atoms with Gasteiger partial charge in [0.05, 0.1) is 10.4 Å². The average Bonchev–Trinajstić information content (AvgIpc) is 2.15. The van der Waals surface area contributed by atoms with Gasteiger partial charge in [-0.25, -0.2) is 0 Å². The molecule has 13 heavy (non-hydrogen) atoms. The predicted molar refractivity (Wildman–Crippen MR) is 61.7 cm³/mol. The van der Waals surface area contributed by atoms with Crippen LogP contribution in [0.1, 0.15) is 20.8 Å². The van der Waals surface area contributed by atoms with E-state index in [4.69, 9.17) is 0 Å². The number of hydrogen-bond donors (Lipinski definition) is 4. The van der Waals surface area contributed by atoms with Crippen LogP contribution in [0.3, 0.4) is 0 Å². The molecule has 0 aliphatic carbocycles. The van der Waals surface area contributed by atoms with Crippen molar-refractivity contribution in [3.63, 3.8) is 0 Å². The first-order chi connectivity index (χ1) is 6.24. The first-order valence-electron chi connectivity index (χ1n) is 5.14. The van der Waals surface area contributed by atoms with E-state index < -0.39 is 0 Å². The van der Waals surface area contributed by atoms with E-state index in [-0.39, 0.29) is 5.79 Å². The van der Waals surface area contributed by atoms with Crippen LogP contribution < -0.4 is 20.9 Å². The molecule has 0 rings (SSSR count). The maximum Gasteiger partial charge on any atom is 0.129 e. The van der Waals surface area contributed by atoms with Crippen LogP contribution >= 0.6 is 0 Å². The van der Waals surface area contributed by atoms with Crippen LogP contribution in [-0.2, 0) is 0 Å². The molecule has 0 amide bonds. The van der Waals surface area contributed by atoms with Gasteiger partial charge in [-0.1, -0.05) is 20.8 Å². The number of hydrogen-bond acceptors (Lipinski definition) is 4. The van der Waals surface area contributed by atoms with E-state index in [1.165, 1.54) is 0 Å². The van der Waals surface area contributed by atoms with Crippen molar-refractivity contribution in [3.05, 3.63) is 0 Å². The third-order valence-electron chi connectivity index (χ3n) is 2.02. The molecule has 4 nitrogen and oxygen atoms in total. The molecule has 0 saturated heterocycles. The van der Waals surface area contributed by atoms with Crippen LogP contribution in [0, 0.1) is 0 Å². The molecule has 0 heterocycles. The van der Waals surface area contributed by atoms with Crippen molar-refractivity contribution in [2.75, 3.05) is 26.2 Å². The molecule has 0 bridgehead atoms. The average molecular weight is 204 g/mol. The van der Waals surface area contributed by atoms with Gasteiger partial charge in [-0.2, -0.15) is 0 Å². The highest BCUT2D eigenvalue weighted by Gasteiger charge is 2.23. The molecule has 0 atom stereocenters. The number of rotatable bonds is 8. The molecule has 0 aromatic heterocycles. The molecule has 0 spiro atoms. The van der Waals surface area contributed by atoms with Crippen LogP contribution in [0.4, 0.5) is 0 Å². The monoisotopic (exact) mass is 204 g/mol. The Bertz CT molecular complexity index is 115. The number of likely N-dealkylation sites (N-methyl/N-ethyl adjacent to an activating group) is 3. The van der Waals surface area contributed by atoms with Crippen molar-refractivity contribution in [1.29, 1.82) is 0 Å². The van der Waals surface area contributed by atoms with E-state index in [0.717, 1.165) is 36.6 Å². The van der Waals surface area contributed by atoms with E-state index in [1.54, 1.807) is 0 Å². The van der Waals surface area contributed by atoms with E-state index >= 15 is 0 Å². The highest BCUT2D eigenvalue weighted by molar-refractivity contribution is 6.04. The maximum absolute atomic E-state index is 3.43. The fourth-order valence-electron chi connectivity index (χ4n) is 1.37. The maximum atomic E-state index is 3.43. The van der Waals surface area contributed by atoms with Crippen molar-refractivity contribution in [1.82, 2.24) is 20.9 Å². The van der Waals surface area contributed by atoms with Gasteiger partial charge >= 0.3 is 0 Å². The molecular formula is C8H24N4Si. The van der Waals surface area contributed by atoms with Gasteiger partial charge < -0.3 is 10.3 Å². The molecule has 0 aliphatic heterocycles. The first kappa shape index (κ1) is 13.1. The van der Waals surface area contributed by atoms with Gasteiger partial charge in [0.2, 0.25) is 0 Å². The Kier molecular flexibility index (Phi) is 7.49. The standard InChI is InChI=1S/C8H24N4Si/c1-4-9-7-8(12-13,10-5-2)11-6-3/h9-12H,4-7H2,1-3,13H3. The zero-order valence-corrected chi connectivity index (χ0v) is 11.3. The SMILES string of the molecule is CCNCC(N[SiH3])(NCC)NCC. The second-order valence-corrected chi connectivity index (χ2v) is 3.50. The van der Waals surface area contributed by atoms with Crippen LogP contribution in [0.2, 0.25) is 0 Å². The van der Waals surface area contributed by atoms with Gasteiger partial charge in [0.1, 0.15) is 5.79 Å². The van der Waals surface area contributed by atoms with Crippen LogP contribution in [0.15, 0.2) is 0 Å². The fourth-order valence-corrected chi connectivity index (χ4v) is 1.90. The normalized spacial score (nSPS) is 12.2. The Morgan fingerprint density at radius 1 is 1.00 bits per heavy atom. The highest BCUT2D eigenvalue weighted by atomic mass is 28.2. The molecule has 0 aliphatic rings. The zero-order chi connectivity index (χ0) is 10.2. The summed E-state index contributed by atoms with van der Waals surface area (Å²) in [6.45, 7) is 10.2.